The summed E-state index contributed by atoms with van der Waals surface area (Å²) in [6.45, 7) is 8.83. The van der Waals surface area contributed by atoms with Crippen LogP contribution in [0.2, 0.25) is 0 Å². The molecule has 0 saturated heterocycles. The second kappa shape index (κ2) is 6.58. The quantitative estimate of drug-likeness (QED) is 0.601. The summed E-state index contributed by atoms with van der Waals surface area (Å²) < 4.78 is 0. The van der Waals surface area contributed by atoms with Gasteiger partial charge in [0.15, 0.2) is 0 Å². The first kappa shape index (κ1) is 15.3. The molecule has 0 heteroatoms. The summed E-state index contributed by atoms with van der Waals surface area (Å²) in [6.07, 6.45) is 8.45. The molecule has 0 aromatic heterocycles. The van der Waals surface area contributed by atoms with Crippen LogP contribution in [0.3, 0.4) is 0 Å². The Hall–Kier alpha value is -2.08. The van der Waals surface area contributed by atoms with Crippen molar-refractivity contribution in [2.75, 3.05) is 0 Å². The fourth-order valence-electron chi connectivity index (χ4n) is 2.20. The maximum absolute atomic E-state index is 2.24. The highest BCUT2D eigenvalue weighted by atomic mass is 14.2. The SMILES string of the molecule is Cc1cccc(C=CC=Cc2ccc(C(C)(C)C)cc2)c1. The highest BCUT2D eigenvalue weighted by molar-refractivity contribution is 5.57. The predicted octanol–water partition coefficient (Wildman–Crippen LogP) is 6.02. The van der Waals surface area contributed by atoms with Crippen LogP contribution < -0.4 is 0 Å². The standard InChI is InChI=1S/C21H24/c1-17-8-7-11-19(16-17)10-6-5-9-18-12-14-20(15-13-18)21(2,3)4/h5-16H,1-4H3. The van der Waals surface area contributed by atoms with Crippen LogP contribution in [0, 0.1) is 6.92 Å². The van der Waals surface area contributed by atoms with Gasteiger partial charge in [-0.25, -0.2) is 0 Å². The van der Waals surface area contributed by atoms with E-state index in [1.807, 2.05) is 0 Å². The van der Waals surface area contributed by atoms with Gasteiger partial charge in [0, 0.05) is 0 Å². The molecule has 2 aromatic rings. The van der Waals surface area contributed by atoms with Crippen LogP contribution in [0.5, 0.6) is 0 Å². The van der Waals surface area contributed by atoms with Crippen molar-refractivity contribution in [1.29, 1.82) is 0 Å². The zero-order chi connectivity index (χ0) is 15.3. The molecule has 0 nitrogen and oxygen atoms in total. The molecular weight excluding hydrogens is 252 g/mol. The minimum Gasteiger partial charge on any atom is -0.0617 e. The van der Waals surface area contributed by atoms with Gasteiger partial charge >= 0.3 is 0 Å². The fourth-order valence-corrected chi connectivity index (χ4v) is 2.20. The van der Waals surface area contributed by atoms with E-state index < -0.39 is 0 Å². The largest absolute Gasteiger partial charge is 0.0617 e. The highest BCUT2D eigenvalue weighted by Crippen LogP contribution is 2.22. The molecule has 0 unspecified atom stereocenters. The van der Waals surface area contributed by atoms with Gasteiger partial charge in [0.25, 0.3) is 0 Å². The molecule has 2 aromatic carbocycles. The minimum atomic E-state index is 0.216. The van der Waals surface area contributed by atoms with E-state index in [4.69, 9.17) is 0 Å². The van der Waals surface area contributed by atoms with E-state index in [1.165, 1.54) is 22.3 Å². The van der Waals surface area contributed by atoms with E-state index in [9.17, 15) is 0 Å². The van der Waals surface area contributed by atoms with E-state index in [1.54, 1.807) is 0 Å². The molecule has 0 bridgehead atoms. The normalized spacial score (nSPS) is 12.4. The van der Waals surface area contributed by atoms with Gasteiger partial charge in [-0.2, -0.15) is 0 Å². The third-order valence-corrected chi connectivity index (χ3v) is 3.51. The van der Waals surface area contributed by atoms with E-state index in [0.29, 0.717) is 0 Å². The minimum absolute atomic E-state index is 0.216. The molecular formula is C21H24. The van der Waals surface area contributed by atoms with Crippen LogP contribution in [0.25, 0.3) is 12.2 Å². The maximum atomic E-state index is 2.24. The molecule has 21 heavy (non-hydrogen) atoms. The monoisotopic (exact) mass is 276 g/mol. The van der Waals surface area contributed by atoms with Gasteiger partial charge in [-0.15, -0.1) is 0 Å². The molecule has 0 radical (unpaired) electrons. The Morgan fingerprint density at radius 2 is 1.38 bits per heavy atom. The zero-order valence-corrected chi connectivity index (χ0v) is 13.4. The first-order valence-electron chi connectivity index (χ1n) is 7.47. The summed E-state index contributed by atoms with van der Waals surface area (Å²) in [7, 11) is 0. The van der Waals surface area contributed by atoms with Crippen LogP contribution >= 0.6 is 0 Å². The first-order valence-corrected chi connectivity index (χ1v) is 7.47. The van der Waals surface area contributed by atoms with E-state index in [0.717, 1.165) is 0 Å². The van der Waals surface area contributed by atoms with Crippen molar-refractivity contribution in [3.63, 3.8) is 0 Å². The van der Waals surface area contributed by atoms with Crippen LogP contribution in [0.4, 0.5) is 0 Å². The molecule has 0 spiro atoms. The van der Waals surface area contributed by atoms with E-state index in [2.05, 4.69) is 101 Å². The molecule has 0 aliphatic carbocycles. The first-order chi connectivity index (χ1) is 9.95. The molecule has 0 aliphatic rings. The summed E-state index contributed by atoms with van der Waals surface area (Å²) >= 11 is 0. The summed E-state index contributed by atoms with van der Waals surface area (Å²) in [5.74, 6) is 0. The van der Waals surface area contributed by atoms with Gasteiger partial charge in [-0.3, -0.25) is 0 Å². The van der Waals surface area contributed by atoms with Crippen molar-refractivity contribution in [3.05, 3.63) is 82.9 Å². The van der Waals surface area contributed by atoms with Crippen molar-refractivity contribution in [1.82, 2.24) is 0 Å². The summed E-state index contributed by atoms with van der Waals surface area (Å²) in [5, 5.41) is 0. The molecule has 0 atom stereocenters. The summed E-state index contributed by atoms with van der Waals surface area (Å²) in [4.78, 5) is 0. The number of allylic oxidation sites excluding steroid dienone is 2. The Balaban J connectivity index is 2.01. The van der Waals surface area contributed by atoms with E-state index >= 15 is 0 Å². The second-order valence-corrected chi connectivity index (χ2v) is 6.50. The number of benzene rings is 2. The van der Waals surface area contributed by atoms with Crippen LogP contribution in [-0.2, 0) is 5.41 Å². The summed E-state index contributed by atoms with van der Waals surface area (Å²) in [5.41, 5.74) is 5.35. The van der Waals surface area contributed by atoms with Gasteiger partial charge in [-0.05, 0) is 29.0 Å². The molecule has 0 heterocycles. The van der Waals surface area contributed by atoms with Crippen LogP contribution in [0.1, 0.15) is 43.0 Å². The van der Waals surface area contributed by atoms with Crippen LogP contribution in [0.15, 0.2) is 60.7 Å². The average Bonchev–Trinajstić information content (AvgIpc) is 2.43. The van der Waals surface area contributed by atoms with Crippen molar-refractivity contribution in [2.24, 2.45) is 0 Å². The Morgan fingerprint density at radius 1 is 0.762 bits per heavy atom. The Bertz CT molecular complexity index is 634. The van der Waals surface area contributed by atoms with Gasteiger partial charge in [-0.1, -0.05) is 99.2 Å². The van der Waals surface area contributed by atoms with Gasteiger partial charge in [0.1, 0.15) is 0 Å². The fraction of sp³-hybridized carbons (Fsp3) is 0.238. The topological polar surface area (TPSA) is 0 Å². The molecule has 0 N–H and O–H groups in total. The Kier molecular flexibility index (Phi) is 4.80. The molecule has 2 rings (SSSR count). The lowest BCUT2D eigenvalue weighted by molar-refractivity contribution is 0.590. The van der Waals surface area contributed by atoms with Crippen molar-refractivity contribution >= 4 is 12.2 Å². The lowest BCUT2D eigenvalue weighted by Crippen LogP contribution is -2.10. The van der Waals surface area contributed by atoms with Gasteiger partial charge in [0.2, 0.25) is 0 Å². The van der Waals surface area contributed by atoms with Crippen LogP contribution in [-0.4, -0.2) is 0 Å². The maximum Gasteiger partial charge on any atom is -0.0132 e. The third kappa shape index (κ3) is 4.75. The number of rotatable bonds is 3. The molecule has 0 saturated carbocycles. The van der Waals surface area contributed by atoms with Crippen molar-refractivity contribution in [2.45, 2.75) is 33.1 Å². The third-order valence-electron chi connectivity index (χ3n) is 3.51. The zero-order valence-electron chi connectivity index (χ0n) is 13.4. The molecule has 108 valence electrons. The Labute approximate surface area is 128 Å². The Morgan fingerprint density at radius 3 is 1.95 bits per heavy atom. The number of aryl methyl sites for hydroxylation is 1. The van der Waals surface area contributed by atoms with Gasteiger partial charge < -0.3 is 0 Å². The van der Waals surface area contributed by atoms with Gasteiger partial charge in [0.05, 0.1) is 0 Å². The molecule has 0 aliphatic heterocycles. The molecule has 0 amide bonds. The van der Waals surface area contributed by atoms with E-state index in [-0.39, 0.29) is 5.41 Å². The smallest absolute Gasteiger partial charge is 0.0132 e. The molecule has 0 fully saturated rings. The number of hydrogen-bond donors (Lipinski definition) is 0. The van der Waals surface area contributed by atoms with Crippen molar-refractivity contribution in [3.8, 4) is 0 Å². The lowest BCUT2D eigenvalue weighted by Gasteiger charge is -2.18. The number of hydrogen-bond acceptors (Lipinski definition) is 0. The summed E-state index contributed by atoms with van der Waals surface area (Å²) in [6, 6.07) is 17.3. The highest BCUT2D eigenvalue weighted by Gasteiger charge is 2.12. The predicted molar refractivity (Wildman–Crippen MR) is 94.4 cm³/mol. The average molecular weight is 276 g/mol. The second-order valence-electron chi connectivity index (χ2n) is 6.50. The lowest BCUT2D eigenvalue weighted by atomic mass is 9.87. The van der Waals surface area contributed by atoms with Crippen molar-refractivity contribution < 1.29 is 0 Å².